The summed E-state index contributed by atoms with van der Waals surface area (Å²) in [4.78, 5) is 26.3. The van der Waals surface area contributed by atoms with E-state index in [0.717, 1.165) is 31.5 Å². The van der Waals surface area contributed by atoms with Gasteiger partial charge in [-0.15, -0.1) is 0 Å². The number of piperidine rings is 1. The van der Waals surface area contributed by atoms with Crippen LogP contribution >= 0.6 is 0 Å². The third-order valence-electron chi connectivity index (χ3n) is 4.42. The molecule has 2 N–H and O–H groups in total. The molecule has 1 saturated heterocycles. The van der Waals surface area contributed by atoms with Crippen molar-refractivity contribution in [3.63, 3.8) is 0 Å². The van der Waals surface area contributed by atoms with E-state index in [-0.39, 0.29) is 23.8 Å². The van der Waals surface area contributed by atoms with Gasteiger partial charge in [-0.2, -0.15) is 0 Å². The van der Waals surface area contributed by atoms with Gasteiger partial charge in [-0.3, -0.25) is 9.59 Å². The van der Waals surface area contributed by atoms with Gasteiger partial charge in [-0.1, -0.05) is 18.2 Å². The number of hydrogen-bond acceptors (Lipinski definition) is 3. The second-order valence-corrected chi connectivity index (χ2v) is 5.80. The molecule has 1 aromatic carbocycles. The number of anilines is 1. The molecular weight excluding hydrogens is 266 g/mol. The fourth-order valence-electron chi connectivity index (χ4n) is 3.26. The van der Waals surface area contributed by atoms with E-state index >= 15 is 0 Å². The summed E-state index contributed by atoms with van der Waals surface area (Å²) in [6, 6.07) is 7.84. The van der Waals surface area contributed by atoms with Crippen LogP contribution in [0.4, 0.5) is 5.69 Å². The van der Waals surface area contributed by atoms with Crippen LogP contribution in [0.5, 0.6) is 0 Å². The average Bonchev–Trinajstić information content (AvgIpc) is 2.97. The molecule has 0 bridgehead atoms. The lowest BCUT2D eigenvalue weighted by atomic mass is 9.96. The molecule has 0 aliphatic carbocycles. The van der Waals surface area contributed by atoms with Gasteiger partial charge in [0.2, 0.25) is 11.8 Å². The number of amides is 2. The number of nitrogens with one attached hydrogen (secondary N) is 2. The third-order valence-corrected chi connectivity index (χ3v) is 4.42. The van der Waals surface area contributed by atoms with Crippen molar-refractivity contribution in [2.24, 2.45) is 5.92 Å². The van der Waals surface area contributed by atoms with Gasteiger partial charge in [0.25, 0.3) is 0 Å². The molecule has 2 aliphatic rings. The number of carbonyl (C=O) groups is 2. The summed E-state index contributed by atoms with van der Waals surface area (Å²) in [6.45, 7) is 1.29. The highest BCUT2D eigenvalue weighted by Gasteiger charge is 2.34. The number of fused-ring (bicyclic) bond motifs is 1. The molecule has 112 valence electrons. The zero-order chi connectivity index (χ0) is 14.8. The maximum atomic E-state index is 12.7. The predicted octanol–water partition coefficient (Wildman–Crippen LogP) is 1.01. The molecule has 5 heteroatoms. The smallest absolute Gasteiger partial charge is 0.245 e. The van der Waals surface area contributed by atoms with Crippen molar-refractivity contribution in [3.8, 4) is 0 Å². The van der Waals surface area contributed by atoms with Crippen molar-refractivity contribution in [1.82, 2.24) is 10.2 Å². The molecule has 3 rings (SSSR count). The van der Waals surface area contributed by atoms with E-state index in [4.69, 9.17) is 0 Å². The van der Waals surface area contributed by atoms with Crippen LogP contribution in [0.1, 0.15) is 18.4 Å². The first-order valence-electron chi connectivity index (χ1n) is 7.54. The molecule has 2 heterocycles. The SMILES string of the molecule is CNC(=O)C1CCCN(C(=O)C2Cc3ccccc3N2)C1. The Bertz CT molecular complexity index is 533. The van der Waals surface area contributed by atoms with Crippen LogP contribution in [-0.2, 0) is 16.0 Å². The Balaban J connectivity index is 1.65. The van der Waals surface area contributed by atoms with Crippen molar-refractivity contribution in [2.45, 2.75) is 25.3 Å². The van der Waals surface area contributed by atoms with Crippen LogP contribution in [0.3, 0.4) is 0 Å². The van der Waals surface area contributed by atoms with E-state index in [0.29, 0.717) is 6.54 Å². The molecule has 2 aliphatic heterocycles. The number of rotatable bonds is 2. The zero-order valence-electron chi connectivity index (χ0n) is 12.3. The van der Waals surface area contributed by atoms with Gasteiger partial charge >= 0.3 is 0 Å². The van der Waals surface area contributed by atoms with E-state index in [1.165, 1.54) is 5.56 Å². The standard InChI is InChI=1S/C16H21N3O2/c1-17-15(20)12-6-4-8-19(10-12)16(21)14-9-11-5-2-3-7-13(11)18-14/h2-3,5,7,12,14,18H,4,6,8-10H2,1H3,(H,17,20). The largest absolute Gasteiger partial charge is 0.373 e. The third kappa shape index (κ3) is 2.73. The number of nitrogens with zero attached hydrogens (tertiary/aromatic N) is 1. The summed E-state index contributed by atoms with van der Waals surface area (Å²) in [5, 5.41) is 5.98. The topological polar surface area (TPSA) is 61.4 Å². The maximum absolute atomic E-state index is 12.7. The van der Waals surface area contributed by atoms with Crippen molar-refractivity contribution in [2.75, 3.05) is 25.5 Å². The molecule has 2 unspecified atom stereocenters. The molecule has 0 saturated carbocycles. The van der Waals surface area contributed by atoms with Gasteiger partial charge in [0.05, 0.1) is 5.92 Å². The fourth-order valence-corrected chi connectivity index (χ4v) is 3.26. The monoisotopic (exact) mass is 287 g/mol. The van der Waals surface area contributed by atoms with Gasteiger partial charge in [0.1, 0.15) is 6.04 Å². The lowest BCUT2D eigenvalue weighted by molar-refractivity contribution is -0.136. The second-order valence-electron chi connectivity index (χ2n) is 5.80. The van der Waals surface area contributed by atoms with Crippen LogP contribution in [-0.4, -0.2) is 42.9 Å². The maximum Gasteiger partial charge on any atom is 0.245 e. The molecule has 1 fully saturated rings. The lowest BCUT2D eigenvalue weighted by Gasteiger charge is -2.33. The first kappa shape index (κ1) is 13.9. The minimum absolute atomic E-state index is 0.0372. The molecule has 5 nitrogen and oxygen atoms in total. The molecule has 1 aromatic rings. The van der Waals surface area contributed by atoms with E-state index in [9.17, 15) is 9.59 Å². The zero-order valence-corrected chi connectivity index (χ0v) is 12.3. The van der Waals surface area contributed by atoms with E-state index in [1.54, 1.807) is 7.05 Å². The minimum atomic E-state index is -0.189. The lowest BCUT2D eigenvalue weighted by Crippen LogP contribution is -2.49. The average molecular weight is 287 g/mol. The highest BCUT2D eigenvalue weighted by atomic mass is 16.2. The molecule has 2 atom stereocenters. The fraction of sp³-hybridized carbons (Fsp3) is 0.500. The first-order chi connectivity index (χ1) is 10.2. The summed E-state index contributed by atoms with van der Waals surface area (Å²) in [6.07, 6.45) is 2.49. The molecule has 21 heavy (non-hydrogen) atoms. The van der Waals surface area contributed by atoms with Crippen LogP contribution in [0.15, 0.2) is 24.3 Å². The number of para-hydroxylation sites is 1. The summed E-state index contributed by atoms with van der Waals surface area (Å²) in [5.41, 5.74) is 2.24. The van der Waals surface area contributed by atoms with Crippen molar-refractivity contribution in [3.05, 3.63) is 29.8 Å². The van der Waals surface area contributed by atoms with Crippen molar-refractivity contribution >= 4 is 17.5 Å². The highest BCUT2D eigenvalue weighted by molar-refractivity contribution is 5.88. The number of benzene rings is 1. The Morgan fingerprint density at radius 3 is 2.90 bits per heavy atom. The Morgan fingerprint density at radius 1 is 1.33 bits per heavy atom. The highest BCUT2D eigenvalue weighted by Crippen LogP contribution is 2.27. The summed E-state index contributed by atoms with van der Waals surface area (Å²) in [5.74, 6) is 0.0754. The van der Waals surface area contributed by atoms with Gasteiger partial charge in [-0.05, 0) is 24.5 Å². The quantitative estimate of drug-likeness (QED) is 0.853. The predicted molar refractivity (Wildman–Crippen MR) is 80.9 cm³/mol. The Morgan fingerprint density at radius 2 is 2.14 bits per heavy atom. The van der Waals surface area contributed by atoms with Crippen molar-refractivity contribution < 1.29 is 9.59 Å². The molecule has 0 spiro atoms. The minimum Gasteiger partial charge on any atom is -0.373 e. The summed E-state index contributed by atoms with van der Waals surface area (Å²) < 4.78 is 0. The molecule has 0 aromatic heterocycles. The Kier molecular flexibility index (Phi) is 3.82. The van der Waals surface area contributed by atoms with E-state index in [2.05, 4.69) is 16.7 Å². The molecule has 2 amide bonds. The Labute approximate surface area is 124 Å². The van der Waals surface area contributed by atoms with Crippen LogP contribution in [0.25, 0.3) is 0 Å². The van der Waals surface area contributed by atoms with Gasteiger partial charge in [0.15, 0.2) is 0 Å². The molecular formula is C16H21N3O2. The van der Waals surface area contributed by atoms with E-state index < -0.39 is 0 Å². The van der Waals surface area contributed by atoms with Crippen LogP contribution in [0.2, 0.25) is 0 Å². The Hall–Kier alpha value is -2.04. The number of likely N-dealkylation sites (tertiary alicyclic amines) is 1. The van der Waals surface area contributed by atoms with Gasteiger partial charge < -0.3 is 15.5 Å². The molecule has 0 radical (unpaired) electrons. The van der Waals surface area contributed by atoms with Crippen LogP contribution < -0.4 is 10.6 Å². The summed E-state index contributed by atoms with van der Waals surface area (Å²) in [7, 11) is 1.65. The van der Waals surface area contributed by atoms with Crippen molar-refractivity contribution in [1.29, 1.82) is 0 Å². The van der Waals surface area contributed by atoms with Gasteiger partial charge in [-0.25, -0.2) is 0 Å². The second kappa shape index (κ2) is 5.76. The summed E-state index contributed by atoms with van der Waals surface area (Å²) >= 11 is 0. The number of carbonyl (C=O) groups excluding carboxylic acids is 2. The normalized spacial score (nSPS) is 24.1. The van der Waals surface area contributed by atoms with Crippen LogP contribution in [0, 0.1) is 5.92 Å². The first-order valence-corrected chi connectivity index (χ1v) is 7.54. The van der Waals surface area contributed by atoms with E-state index in [1.807, 2.05) is 23.1 Å². The van der Waals surface area contributed by atoms with Gasteiger partial charge in [0, 0.05) is 32.2 Å². The number of hydrogen-bond donors (Lipinski definition) is 2.